The molecule has 2 N–H and O–H groups in total. The van der Waals surface area contributed by atoms with Crippen LogP contribution < -0.4 is 10.6 Å². The van der Waals surface area contributed by atoms with Gasteiger partial charge in [0.05, 0.1) is 13.2 Å². The molecule has 1 aromatic rings. The molecule has 0 bridgehead atoms. The number of ether oxygens (including phenoxy) is 1. The van der Waals surface area contributed by atoms with Crippen LogP contribution in [0.4, 0.5) is 10.5 Å². The fraction of sp³-hybridized carbons (Fsp3) is 0.600. The minimum absolute atomic E-state index is 0.0115. The van der Waals surface area contributed by atoms with Crippen LogP contribution in [0.25, 0.3) is 0 Å². The zero-order valence-electron chi connectivity index (χ0n) is 15.6. The van der Waals surface area contributed by atoms with Crippen LogP contribution in [-0.2, 0) is 4.74 Å². The number of urea groups is 1. The highest BCUT2D eigenvalue weighted by Crippen LogP contribution is 2.33. The first-order valence-electron chi connectivity index (χ1n) is 9.58. The molecule has 1 heterocycles. The van der Waals surface area contributed by atoms with E-state index < -0.39 is 0 Å². The van der Waals surface area contributed by atoms with E-state index in [1.165, 1.54) is 26.2 Å². The number of nitrogens with zero attached hydrogens (tertiary/aromatic N) is 1. The maximum absolute atomic E-state index is 12.4. The summed E-state index contributed by atoms with van der Waals surface area (Å²) in [5.41, 5.74) is 1.28. The van der Waals surface area contributed by atoms with Gasteiger partial charge in [0.15, 0.2) is 5.78 Å². The van der Waals surface area contributed by atoms with E-state index in [9.17, 15) is 9.59 Å². The lowest BCUT2D eigenvalue weighted by atomic mass is 9.80. The second-order valence-electron chi connectivity index (χ2n) is 7.33. The summed E-state index contributed by atoms with van der Waals surface area (Å²) >= 11 is 0. The van der Waals surface area contributed by atoms with Crippen molar-refractivity contribution in [1.29, 1.82) is 0 Å². The van der Waals surface area contributed by atoms with E-state index in [0.29, 0.717) is 17.8 Å². The lowest BCUT2D eigenvalue weighted by Crippen LogP contribution is -2.60. The van der Waals surface area contributed by atoms with Gasteiger partial charge in [0, 0.05) is 36.4 Å². The number of hydrogen-bond donors (Lipinski definition) is 2. The van der Waals surface area contributed by atoms with Crippen molar-refractivity contribution >= 4 is 17.5 Å². The molecule has 6 heteroatoms. The van der Waals surface area contributed by atoms with Crippen LogP contribution in [0.3, 0.4) is 0 Å². The van der Waals surface area contributed by atoms with E-state index >= 15 is 0 Å². The molecule has 6 nitrogen and oxygen atoms in total. The van der Waals surface area contributed by atoms with Gasteiger partial charge in [0.25, 0.3) is 0 Å². The van der Waals surface area contributed by atoms with E-state index in [-0.39, 0.29) is 17.4 Å². The Morgan fingerprint density at radius 3 is 2.58 bits per heavy atom. The first-order valence-corrected chi connectivity index (χ1v) is 9.58. The molecule has 142 valence electrons. The molecule has 2 aliphatic rings. The van der Waals surface area contributed by atoms with Crippen LogP contribution in [-0.4, -0.2) is 55.1 Å². The average Bonchev–Trinajstić information content (AvgIpc) is 2.68. The van der Waals surface area contributed by atoms with Crippen LogP contribution in [0, 0.1) is 0 Å². The van der Waals surface area contributed by atoms with Crippen molar-refractivity contribution in [2.45, 2.75) is 44.6 Å². The maximum atomic E-state index is 12.4. The molecule has 1 aliphatic heterocycles. The molecular formula is C20H29N3O3. The van der Waals surface area contributed by atoms with Gasteiger partial charge in [-0.05, 0) is 31.9 Å². The smallest absolute Gasteiger partial charge is 0.319 e. The number of amides is 2. The SMILES string of the molecule is CC(=O)c1cccc(NC(=O)NCC2(N3CCOCC3)CCCCC2)c1. The highest BCUT2D eigenvalue weighted by Gasteiger charge is 2.38. The van der Waals surface area contributed by atoms with Crippen molar-refractivity contribution in [3.63, 3.8) is 0 Å². The third-order valence-electron chi connectivity index (χ3n) is 5.57. The quantitative estimate of drug-likeness (QED) is 0.793. The Morgan fingerprint density at radius 2 is 1.88 bits per heavy atom. The lowest BCUT2D eigenvalue weighted by molar-refractivity contribution is -0.0356. The Morgan fingerprint density at radius 1 is 1.15 bits per heavy atom. The number of hydrogen-bond acceptors (Lipinski definition) is 4. The summed E-state index contributed by atoms with van der Waals surface area (Å²) in [6.07, 6.45) is 5.93. The van der Waals surface area contributed by atoms with E-state index in [1.807, 2.05) is 0 Å². The zero-order valence-corrected chi connectivity index (χ0v) is 15.6. The number of carbonyl (C=O) groups excluding carboxylic acids is 2. The predicted octanol–water partition coefficient (Wildman–Crippen LogP) is 3.05. The van der Waals surface area contributed by atoms with Gasteiger partial charge in [-0.3, -0.25) is 9.69 Å². The van der Waals surface area contributed by atoms with E-state index in [0.717, 1.165) is 39.1 Å². The second-order valence-corrected chi connectivity index (χ2v) is 7.33. The standard InChI is InChI=1S/C20H29N3O3/c1-16(24)17-6-5-7-18(14-17)22-19(25)21-15-20(8-3-2-4-9-20)23-10-12-26-13-11-23/h5-7,14H,2-4,8-13,15H2,1H3,(H2,21,22,25). The minimum atomic E-state index is -0.219. The molecule has 0 spiro atoms. The number of ketones is 1. The Balaban J connectivity index is 1.60. The third-order valence-corrected chi connectivity index (χ3v) is 5.57. The minimum Gasteiger partial charge on any atom is -0.379 e. The van der Waals surface area contributed by atoms with Gasteiger partial charge in [-0.1, -0.05) is 31.4 Å². The molecule has 2 amide bonds. The molecule has 26 heavy (non-hydrogen) atoms. The fourth-order valence-corrected chi connectivity index (χ4v) is 4.09. The van der Waals surface area contributed by atoms with E-state index in [2.05, 4.69) is 15.5 Å². The number of benzene rings is 1. The van der Waals surface area contributed by atoms with Gasteiger partial charge in [-0.15, -0.1) is 0 Å². The number of morpholine rings is 1. The molecule has 0 radical (unpaired) electrons. The Kier molecular flexibility index (Phi) is 6.27. The Bertz CT molecular complexity index is 635. The third kappa shape index (κ3) is 4.62. The number of rotatable bonds is 5. The van der Waals surface area contributed by atoms with Crippen LogP contribution in [0.2, 0.25) is 0 Å². The highest BCUT2D eigenvalue weighted by atomic mass is 16.5. The molecule has 3 rings (SSSR count). The summed E-state index contributed by atoms with van der Waals surface area (Å²) < 4.78 is 5.50. The van der Waals surface area contributed by atoms with Crippen molar-refractivity contribution in [3.05, 3.63) is 29.8 Å². The van der Waals surface area contributed by atoms with Crippen LogP contribution >= 0.6 is 0 Å². The van der Waals surface area contributed by atoms with Gasteiger partial charge in [0.2, 0.25) is 0 Å². The Labute approximate surface area is 155 Å². The van der Waals surface area contributed by atoms with Crippen molar-refractivity contribution < 1.29 is 14.3 Å². The van der Waals surface area contributed by atoms with E-state index in [4.69, 9.17) is 4.74 Å². The van der Waals surface area contributed by atoms with Crippen molar-refractivity contribution in [1.82, 2.24) is 10.2 Å². The van der Waals surface area contributed by atoms with Crippen LogP contribution in [0.15, 0.2) is 24.3 Å². The molecule has 1 aromatic carbocycles. The molecular weight excluding hydrogens is 330 g/mol. The van der Waals surface area contributed by atoms with Crippen LogP contribution in [0.1, 0.15) is 49.4 Å². The molecule has 2 fully saturated rings. The predicted molar refractivity (Wildman–Crippen MR) is 102 cm³/mol. The lowest BCUT2D eigenvalue weighted by Gasteiger charge is -2.48. The van der Waals surface area contributed by atoms with Gasteiger partial charge < -0.3 is 15.4 Å². The summed E-state index contributed by atoms with van der Waals surface area (Å²) in [5.74, 6) is -0.0115. The van der Waals surface area contributed by atoms with E-state index in [1.54, 1.807) is 24.3 Å². The maximum Gasteiger partial charge on any atom is 0.319 e. The second kappa shape index (κ2) is 8.64. The number of anilines is 1. The van der Waals surface area contributed by atoms with Gasteiger partial charge in [-0.2, -0.15) is 0 Å². The highest BCUT2D eigenvalue weighted by molar-refractivity contribution is 5.96. The monoisotopic (exact) mass is 359 g/mol. The summed E-state index contributed by atoms with van der Waals surface area (Å²) in [6.45, 7) is 5.57. The molecule has 1 saturated carbocycles. The molecule has 1 saturated heterocycles. The first-order chi connectivity index (χ1) is 12.6. The average molecular weight is 359 g/mol. The zero-order chi connectivity index (χ0) is 18.4. The van der Waals surface area contributed by atoms with Crippen molar-refractivity contribution in [2.75, 3.05) is 38.2 Å². The molecule has 1 aliphatic carbocycles. The largest absolute Gasteiger partial charge is 0.379 e. The summed E-state index contributed by atoms with van der Waals surface area (Å²) in [6, 6.07) is 6.82. The summed E-state index contributed by atoms with van der Waals surface area (Å²) in [5, 5.41) is 5.92. The molecule has 0 atom stereocenters. The van der Waals surface area contributed by atoms with Gasteiger partial charge in [-0.25, -0.2) is 4.79 Å². The first kappa shape index (κ1) is 18.9. The summed E-state index contributed by atoms with van der Waals surface area (Å²) in [7, 11) is 0. The topological polar surface area (TPSA) is 70.7 Å². The molecule has 0 unspecified atom stereocenters. The molecule has 0 aromatic heterocycles. The van der Waals surface area contributed by atoms with Gasteiger partial charge in [0.1, 0.15) is 0 Å². The normalized spacial score (nSPS) is 20.3. The number of Topliss-reactive ketones (excluding diaryl/α,β-unsaturated/α-hetero) is 1. The number of nitrogens with one attached hydrogen (secondary N) is 2. The van der Waals surface area contributed by atoms with Crippen LogP contribution in [0.5, 0.6) is 0 Å². The van der Waals surface area contributed by atoms with Crippen molar-refractivity contribution in [2.24, 2.45) is 0 Å². The Hall–Kier alpha value is -1.92. The van der Waals surface area contributed by atoms with Gasteiger partial charge >= 0.3 is 6.03 Å². The fourth-order valence-electron chi connectivity index (χ4n) is 4.09. The number of carbonyl (C=O) groups is 2. The van der Waals surface area contributed by atoms with Crippen molar-refractivity contribution in [3.8, 4) is 0 Å². The summed E-state index contributed by atoms with van der Waals surface area (Å²) in [4.78, 5) is 26.4.